The van der Waals surface area contributed by atoms with Gasteiger partial charge in [0, 0.05) is 18.3 Å². The first-order chi connectivity index (χ1) is 7.61. The number of hydrogen-bond acceptors (Lipinski definition) is 2. The molecule has 0 spiro atoms. The molecule has 0 radical (unpaired) electrons. The van der Waals surface area contributed by atoms with Gasteiger partial charge < -0.3 is 0 Å². The predicted octanol–water partition coefficient (Wildman–Crippen LogP) is 3.84. The predicted molar refractivity (Wildman–Crippen MR) is 68.2 cm³/mol. The lowest BCUT2D eigenvalue weighted by Gasteiger charge is -2.03. The average molecular weight is 240 g/mol. The molecule has 0 aromatic carbocycles. The smallest absolute Gasteiger partial charge is 0.154 e. The number of rotatable bonds is 1. The molecule has 0 saturated carbocycles. The lowest BCUT2D eigenvalue weighted by Crippen LogP contribution is -1.96. The minimum atomic E-state index is 0.384. The zero-order chi connectivity index (χ0) is 12.3. The minimum Gasteiger partial charge on any atom is -0.299 e. The van der Waals surface area contributed by atoms with Gasteiger partial charge in [-0.1, -0.05) is 39.3 Å². The van der Waals surface area contributed by atoms with Gasteiger partial charge in [0.05, 0.1) is 5.69 Å². The molecule has 0 unspecified atom stereocenters. The summed E-state index contributed by atoms with van der Waals surface area (Å²) < 4.78 is 2.01. The Hall–Kier alpha value is -1.09. The summed E-state index contributed by atoms with van der Waals surface area (Å²) >= 11 is 6.01. The van der Waals surface area contributed by atoms with Crippen molar-refractivity contribution in [2.24, 2.45) is 0 Å². The van der Waals surface area contributed by atoms with Crippen molar-refractivity contribution in [1.29, 1.82) is 0 Å². The molecular formula is C12H18ClN3. The maximum atomic E-state index is 6.01. The lowest BCUT2D eigenvalue weighted by atomic mass is 10.2. The van der Waals surface area contributed by atoms with Crippen LogP contribution in [0.3, 0.4) is 0 Å². The second kappa shape index (κ2) is 5.30. The van der Waals surface area contributed by atoms with Crippen LogP contribution in [0.5, 0.6) is 0 Å². The Kier molecular flexibility index (Phi) is 4.30. The van der Waals surface area contributed by atoms with Crippen molar-refractivity contribution in [3.05, 3.63) is 29.1 Å². The summed E-state index contributed by atoms with van der Waals surface area (Å²) in [7, 11) is 0. The van der Waals surface area contributed by atoms with Crippen LogP contribution in [0.4, 0.5) is 0 Å². The summed E-state index contributed by atoms with van der Waals surface area (Å²) in [5.41, 5.74) is 1.85. The zero-order valence-corrected chi connectivity index (χ0v) is 11.2. The third-order valence-electron chi connectivity index (χ3n) is 2.23. The van der Waals surface area contributed by atoms with Gasteiger partial charge >= 0.3 is 0 Å². The van der Waals surface area contributed by atoms with Crippen LogP contribution >= 0.6 is 11.6 Å². The van der Waals surface area contributed by atoms with Crippen LogP contribution < -0.4 is 0 Å². The largest absolute Gasteiger partial charge is 0.299 e. The van der Waals surface area contributed by atoms with E-state index >= 15 is 0 Å². The fraction of sp³-hybridized carbons (Fsp3) is 0.500. The van der Waals surface area contributed by atoms with Gasteiger partial charge in [-0.15, -0.1) is 0 Å². The van der Waals surface area contributed by atoms with Crippen molar-refractivity contribution in [3.63, 3.8) is 0 Å². The fourth-order valence-electron chi connectivity index (χ4n) is 1.60. The molecule has 4 heteroatoms. The molecule has 0 fully saturated rings. The van der Waals surface area contributed by atoms with Crippen LogP contribution in [0.15, 0.2) is 12.4 Å². The van der Waals surface area contributed by atoms with Crippen molar-refractivity contribution in [3.8, 4) is 0 Å². The van der Waals surface area contributed by atoms with Crippen LogP contribution in [0, 0.1) is 6.92 Å². The number of fused-ring (bicyclic) bond motifs is 1. The topological polar surface area (TPSA) is 30.2 Å². The van der Waals surface area contributed by atoms with E-state index in [2.05, 4.69) is 23.8 Å². The Morgan fingerprint density at radius 1 is 1.31 bits per heavy atom. The number of aryl methyl sites for hydroxylation is 1. The van der Waals surface area contributed by atoms with E-state index in [4.69, 9.17) is 11.6 Å². The molecule has 2 rings (SSSR count). The van der Waals surface area contributed by atoms with Crippen molar-refractivity contribution >= 4 is 17.1 Å². The molecule has 0 aliphatic heterocycles. The van der Waals surface area contributed by atoms with E-state index in [1.54, 1.807) is 6.20 Å². The summed E-state index contributed by atoms with van der Waals surface area (Å²) in [6.07, 6.45) is 3.60. The number of imidazole rings is 1. The molecule has 0 bridgehead atoms. The van der Waals surface area contributed by atoms with Gasteiger partial charge in [0.25, 0.3) is 0 Å². The van der Waals surface area contributed by atoms with Crippen LogP contribution in [-0.4, -0.2) is 14.4 Å². The Morgan fingerprint density at radius 3 is 2.50 bits per heavy atom. The van der Waals surface area contributed by atoms with Gasteiger partial charge in [-0.3, -0.25) is 4.40 Å². The van der Waals surface area contributed by atoms with E-state index in [9.17, 15) is 0 Å². The van der Waals surface area contributed by atoms with Crippen LogP contribution in [0.25, 0.3) is 5.52 Å². The monoisotopic (exact) mass is 239 g/mol. The van der Waals surface area contributed by atoms with Crippen molar-refractivity contribution < 1.29 is 0 Å². The fourth-order valence-corrected chi connectivity index (χ4v) is 1.89. The van der Waals surface area contributed by atoms with E-state index < -0.39 is 0 Å². The maximum Gasteiger partial charge on any atom is 0.154 e. The first-order valence-electron chi connectivity index (χ1n) is 5.60. The second-order valence-corrected chi connectivity index (χ2v) is 4.00. The third kappa shape index (κ3) is 2.19. The number of aromatic nitrogens is 3. The van der Waals surface area contributed by atoms with Crippen LogP contribution in [-0.2, 0) is 0 Å². The Bertz CT molecular complexity index is 474. The van der Waals surface area contributed by atoms with E-state index in [0.717, 1.165) is 17.0 Å². The molecule has 0 atom stereocenters. The van der Waals surface area contributed by atoms with E-state index in [1.165, 1.54) is 0 Å². The van der Waals surface area contributed by atoms with E-state index in [-0.39, 0.29) is 0 Å². The van der Waals surface area contributed by atoms with Gasteiger partial charge in [-0.2, -0.15) is 0 Å². The highest BCUT2D eigenvalue weighted by molar-refractivity contribution is 6.32. The molecule has 2 heterocycles. The van der Waals surface area contributed by atoms with Gasteiger partial charge in [-0.05, 0) is 6.92 Å². The van der Waals surface area contributed by atoms with E-state index in [0.29, 0.717) is 11.1 Å². The van der Waals surface area contributed by atoms with Gasteiger partial charge in [0.15, 0.2) is 5.15 Å². The Balaban J connectivity index is 0.000000606. The Labute approximate surface area is 101 Å². The van der Waals surface area contributed by atoms with Crippen LogP contribution in [0.1, 0.15) is 45.1 Å². The highest BCUT2D eigenvalue weighted by Gasteiger charge is 2.13. The van der Waals surface area contributed by atoms with Crippen LogP contribution in [0.2, 0.25) is 5.15 Å². The van der Waals surface area contributed by atoms with Gasteiger partial charge in [0.1, 0.15) is 11.3 Å². The highest BCUT2D eigenvalue weighted by atomic mass is 35.5. The van der Waals surface area contributed by atoms with Crippen molar-refractivity contribution in [2.45, 2.75) is 40.5 Å². The van der Waals surface area contributed by atoms with Crippen molar-refractivity contribution in [2.75, 3.05) is 0 Å². The zero-order valence-electron chi connectivity index (χ0n) is 10.5. The molecule has 0 aliphatic carbocycles. The van der Waals surface area contributed by atoms with Crippen molar-refractivity contribution in [1.82, 2.24) is 14.4 Å². The maximum absolute atomic E-state index is 6.01. The van der Waals surface area contributed by atoms with Gasteiger partial charge in [-0.25, -0.2) is 9.97 Å². The standard InChI is InChI=1S/C10H12ClN3.C2H6/c1-6(2)10-13-7(3)8-9(11)12-4-5-14(8)10;1-2/h4-6H,1-3H3;1-2H3. The summed E-state index contributed by atoms with van der Waals surface area (Å²) in [5, 5.41) is 0.518. The summed E-state index contributed by atoms with van der Waals surface area (Å²) in [5.74, 6) is 1.41. The Morgan fingerprint density at radius 2 is 1.94 bits per heavy atom. The molecule has 2 aromatic rings. The molecule has 88 valence electrons. The number of nitrogens with zero attached hydrogens (tertiary/aromatic N) is 3. The molecule has 0 aliphatic rings. The molecule has 0 saturated heterocycles. The molecule has 16 heavy (non-hydrogen) atoms. The first-order valence-corrected chi connectivity index (χ1v) is 5.98. The lowest BCUT2D eigenvalue weighted by molar-refractivity contribution is 0.767. The summed E-state index contributed by atoms with van der Waals surface area (Å²) in [6.45, 7) is 10.2. The molecule has 0 N–H and O–H groups in total. The molecule has 2 aromatic heterocycles. The minimum absolute atomic E-state index is 0.384. The molecule has 3 nitrogen and oxygen atoms in total. The summed E-state index contributed by atoms with van der Waals surface area (Å²) in [6, 6.07) is 0. The second-order valence-electron chi connectivity index (χ2n) is 3.65. The van der Waals surface area contributed by atoms with E-state index in [1.807, 2.05) is 31.4 Å². The molecule has 0 amide bonds. The first kappa shape index (κ1) is 13.0. The third-order valence-corrected chi connectivity index (χ3v) is 2.50. The highest BCUT2D eigenvalue weighted by Crippen LogP contribution is 2.23. The quantitative estimate of drug-likeness (QED) is 0.757. The molecular weight excluding hydrogens is 222 g/mol. The number of halogens is 1. The summed E-state index contributed by atoms with van der Waals surface area (Å²) in [4.78, 5) is 8.53. The normalized spacial score (nSPS) is 10.4. The van der Waals surface area contributed by atoms with Gasteiger partial charge in [0.2, 0.25) is 0 Å². The average Bonchev–Trinajstić information content (AvgIpc) is 2.61. The SMILES string of the molecule is CC.Cc1nc(C(C)C)n2ccnc(Cl)c12. The number of hydrogen-bond donors (Lipinski definition) is 0.